The van der Waals surface area contributed by atoms with Crippen molar-refractivity contribution < 1.29 is 9.47 Å². The van der Waals surface area contributed by atoms with E-state index in [2.05, 4.69) is 32.7 Å². The van der Waals surface area contributed by atoms with Crippen LogP contribution in [0.3, 0.4) is 0 Å². The number of ether oxygens (including phenoxy) is 2. The summed E-state index contributed by atoms with van der Waals surface area (Å²) in [6.07, 6.45) is 2.99. The lowest BCUT2D eigenvalue weighted by molar-refractivity contribution is -0.0228. The van der Waals surface area contributed by atoms with Crippen molar-refractivity contribution in [2.75, 3.05) is 26.8 Å². The fraction of sp³-hybridized carbons (Fsp3) is 0.833. The van der Waals surface area contributed by atoms with E-state index in [0.29, 0.717) is 0 Å². The van der Waals surface area contributed by atoms with E-state index in [1.165, 1.54) is 0 Å². The maximum atomic E-state index is 5.65. The van der Waals surface area contributed by atoms with E-state index in [4.69, 9.17) is 9.47 Å². The highest BCUT2D eigenvalue weighted by Crippen LogP contribution is 2.12. The third-order valence-corrected chi connectivity index (χ3v) is 2.38. The van der Waals surface area contributed by atoms with E-state index in [-0.39, 0.29) is 11.7 Å². The lowest BCUT2D eigenvalue weighted by atomic mass is 10.1. The molecule has 0 rings (SSSR count). The summed E-state index contributed by atoms with van der Waals surface area (Å²) in [5.74, 6) is 0. The highest BCUT2D eigenvalue weighted by molar-refractivity contribution is 4.71. The van der Waals surface area contributed by atoms with Crippen molar-refractivity contribution in [3.05, 3.63) is 12.7 Å². The van der Waals surface area contributed by atoms with Crippen LogP contribution in [-0.4, -0.2) is 38.5 Å². The van der Waals surface area contributed by atoms with Crippen LogP contribution >= 0.6 is 0 Å². The third kappa shape index (κ3) is 8.60. The molecule has 15 heavy (non-hydrogen) atoms. The summed E-state index contributed by atoms with van der Waals surface area (Å²) in [6, 6.07) is 0. The molecule has 0 amide bonds. The Labute approximate surface area is 93.8 Å². The van der Waals surface area contributed by atoms with Gasteiger partial charge in [0, 0.05) is 26.8 Å². The van der Waals surface area contributed by atoms with E-state index >= 15 is 0 Å². The van der Waals surface area contributed by atoms with Crippen LogP contribution in [0.5, 0.6) is 0 Å². The molecule has 1 N–H and O–H groups in total. The van der Waals surface area contributed by atoms with Crippen molar-refractivity contribution in [1.29, 1.82) is 0 Å². The molecule has 0 radical (unpaired) electrons. The van der Waals surface area contributed by atoms with Crippen molar-refractivity contribution in [3.8, 4) is 0 Å². The number of hydrogen-bond acceptors (Lipinski definition) is 3. The quantitative estimate of drug-likeness (QED) is 0.471. The molecule has 0 aromatic carbocycles. The molecule has 1 atom stereocenters. The fourth-order valence-corrected chi connectivity index (χ4v) is 1.06. The molecule has 3 nitrogen and oxygen atoms in total. The molecule has 0 bridgehead atoms. The Morgan fingerprint density at radius 1 is 1.47 bits per heavy atom. The monoisotopic (exact) mass is 215 g/mol. The van der Waals surface area contributed by atoms with Gasteiger partial charge in [0.05, 0.1) is 11.7 Å². The van der Waals surface area contributed by atoms with Gasteiger partial charge in [-0.1, -0.05) is 6.08 Å². The fourth-order valence-electron chi connectivity index (χ4n) is 1.06. The highest BCUT2D eigenvalue weighted by Gasteiger charge is 2.16. The highest BCUT2D eigenvalue weighted by atomic mass is 16.5. The molecule has 90 valence electrons. The predicted octanol–water partition coefficient (Wildman–Crippen LogP) is 1.98. The minimum absolute atomic E-state index is 0.0890. The van der Waals surface area contributed by atoms with Crippen molar-refractivity contribution >= 4 is 0 Å². The Morgan fingerprint density at radius 2 is 2.13 bits per heavy atom. The number of nitrogens with one attached hydrogen (secondary N) is 1. The standard InChI is InChI=1S/C12H25NO2/c1-6-8-13-10-11(2)15-9-7-12(3,4)14-5/h6,11,13H,1,7-10H2,2-5H3. The van der Waals surface area contributed by atoms with Crippen LogP contribution in [-0.2, 0) is 9.47 Å². The van der Waals surface area contributed by atoms with E-state index in [9.17, 15) is 0 Å². The van der Waals surface area contributed by atoms with Crippen LogP contribution in [0.2, 0.25) is 0 Å². The second-order valence-electron chi connectivity index (χ2n) is 4.34. The van der Waals surface area contributed by atoms with E-state index in [1.807, 2.05) is 6.08 Å². The summed E-state index contributed by atoms with van der Waals surface area (Å²) in [5, 5.41) is 3.22. The van der Waals surface area contributed by atoms with Crippen LogP contribution in [0.25, 0.3) is 0 Å². The van der Waals surface area contributed by atoms with Gasteiger partial charge in [-0.15, -0.1) is 6.58 Å². The van der Waals surface area contributed by atoms with Gasteiger partial charge in [-0.3, -0.25) is 0 Å². The molecule has 0 heterocycles. The first kappa shape index (κ1) is 14.6. The molecule has 0 saturated carbocycles. The summed E-state index contributed by atoms with van der Waals surface area (Å²) in [6.45, 7) is 12.3. The molecule has 1 unspecified atom stereocenters. The SMILES string of the molecule is C=CCNCC(C)OCCC(C)(C)OC. The van der Waals surface area contributed by atoms with Gasteiger partial charge in [0.1, 0.15) is 0 Å². The Balaban J connectivity index is 3.46. The van der Waals surface area contributed by atoms with Crippen molar-refractivity contribution in [3.63, 3.8) is 0 Å². The molecule has 3 heteroatoms. The second-order valence-corrected chi connectivity index (χ2v) is 4.34. The van der Waals surface area contributed by atoms with Crippen LogP contribution in [0.1, 0.15) is 27.2 Å². The minimum Gasteiger partial charge on any atom is -0.379 e. The zero-order valence-electron chi connectivity index (χ0n) is 10.5. The topological polar surface area (TPSA) is 30.5 Å². The average molecular weight is 215 g/mol. The Hall–Kier alpha value is -0.380. The van der Waals surface area contributed by atoms with Gasteiger partial charge in [-0.05, 0) is 27.2 Å². The molecule has 0 aliphatic carbocycles. The normalized spacial score (nSPS) is 13.9. The summed E-state index contributed by atoms with van der Waals surface area (Å²) in [5.41, 5.74) is -0.0890. The molecular weight excluding hydrogens is 190 g/mol. The van der Waals surface area contributed by atoms with Crippen LogP contribution in [0.15, 0.2) is 12.7 Å². The van der Waals surface area contributed by atoms with Gasteiger partial charge in [0.2, 0.25) is 0 Å². The lowest BCUT2D eigenvalue weighted by Crippen LogP contribution is -2.30. The van der Waals surface area contributed by atoms with Gasteiger partial charge in [0.25, 0.3) is 0 Å². The molecule has 0 saturated heterocycles. The summed E-state index contributed by atoms with van der Waals surface area (Å²) >= 11 is 0. The van der Waals surface area contributed by atoms with Crippen molar-refractivity contribution in [2.24, 2.45) is 0 Å². The van der Waals surface area contributed by atoms with Crippen LogP contribution in [0.4, 0.5) is 0 Å². The van der Waals surface area contributed by atoms with E-state index in [0.717, 1.165) is 26.1 Å². The summed E-state index contributed by atoms with van der Waals surface area (Å²) < 4.78 is 11.0. The smallest absolute Gasteiger partial charge is 0.0671 e. The lowest BCUT2D eigenvalue weighted by Gasteiger charge is -2.23. The number of methoxy groups -OCH3 is 1. The Morgan fingerprint density at radius 3 is 2.67 bits per heavy atom. The van der Waals surface area contributed by atoms with Crippen LogP contribution < -0.4 is 5.32 Å². The van der Waals surface area contributed by atoms with E-state index in [1.54, 1.807) is 7.11 Å². The molecule has 0 aliphatic rings. The second kappa shape index (κ2) is 7.85. The molecule has 0 fully saturated rings. The number of hydrogen-bond donors (Lipinski definition) is 1. The zero-order chi connectivity index (χ0) is 11.7. The summed E-state index contributed by atoms with van der Waals surface area (Å²) in [7, 11) is 1.73. The number of rotatable bonds is 9. The van der Waals surface area contributed by atoms with Gasteiger partial charge in [-0.2, -0.15) is 0 Å². The molecule has 0 spiro atoms. The maximum absolute atomic E-state index is 5.65. The Bertz CT molecular complexity index is 169. The van der Waals surface area contributed by atoms with Gasteiger partial charge in [0.15, 0.2) is 0 Å². The first-order valence-electron chi connectivity index (χ1n) is 5.50. The zero-order valence-corrected chi connectivity index (χ0v) is 10.5. The average Bonchev–Trinajstić information content (AvgIpc) is 2.18. The third-order valence-electron chi connectivity index (χ3n) is 2.38. The van der Waals surface area contributed by atoms with Gasteiger partial charge < -0.3 is 14.8 Å². The Kier molecular flexibility index (Phi) is 7.65. The predicted molar refractivity (Wildman–Crippen MR) is 64.2 cm³/mol. The largest absolute Gasteiger partial charge is 0.379 e. The van der Waals surface area contributed by atoms with Gasteiger partial charge >= 0.3 is 0 Å². The van der Waals surface area contributed by atoms with Crippen molar-refractivity contribution in [2.45, 2.75) is 38.9 Å². The van der Waals surface area contributed by atoms with Gasteiger partial charge in [-0.25, -0.2) is 0 Å². The molecule has 0 aromatic heterocycles. The molecular formula is C12H25NO2. The molecule has 0 aliphatic heterocycles. The molecule has 0 aromatic rings. The van der Waals surface area contributed by atoms with Crippen LogP contribution in [0, 0.1) is 0 Å². The first-order chi connectivity index (χ1) is 7.02. The van der Waals surface area contributed by atoms with E-state index < -0.39 is 0 Å². The summed E-state index contributed by atoms with van der Waals surface area (Å²) in [4.78, 5) is 0. The first-order valence-corrected chi connectivity index (χ1v) is 5.50. The minimum atomic E-state index is -0.0890. The maximum Gasteiger partial charge on any atom is 0.0671 e. The van der Waals surface area contributed by atoms with Crippen molar-refractivity contribution in [1.82, 2.24) is 5.32 Å².